The summed E-state index contributed by atoms with van der Waals surface area (Å²) in [7, 11) is 1.31. The lowest BCUT2D eigenvalue weighted by atomic mass is 10.0. The molecule has 0 aliphatic heterocycles. The minimum atomic E-state index is -0.476. The van der Waals surface area contributed by atoms with E-state index in [-0.39, 0.29) is 24.2 Å². The van der Waals surface area contributed by atoms with Gasteiger partial charge in [0.15, 0.2) is 0 Å². The number of pyridine rings is 1. The predicted octanol–water partition coefficient (Wildman–Crippen LogP) is 1.84. The fourth-order valence-corrected chi connectivity index (χ4v) is 1.58. The van der Waals surface area contributed by atoms with E-state index >= 15 is 0 Å². The van der Waals surface area contributed by atoms with E-state index in [1.54, 1.807) is 12.1 Å². The summed E-state index contributed by atoms with van der Waals surface area (Å²) in [5.41, 5.74) is 1.94. The molecule has 0 bridgehead atoms. The van der Waals surface area contributed by atoms with Crippen LogP contribution in [0.3, 0.4) is 0 Å². The largest absolute Gasteiger partial charge is 0.465 e. The van der Waals surface area contributed by atoms with E-state index < -0.39 is 5.97 Å². The van der Waals surface area contributed by atoms with E-state index in [2.05, 4.69) is 9.72 Å². The molecule has 1 aromatic rings. The highest BCUT2D eigenvalue weighted by Crippen LogP contribution is 2.18. The van der Waals surface area contributed by atoms with Gasteiger partial charge >= 0.3 is 11.9 Å². The Morgan fingerprint density at radius 1 is 1.39 bits per heavy atom. The fraction of sp³-hybridized carbons (Fsp3) is 0.462. The highest BCUT2D eigenvalue weighted by Gasteiger charge is 2.15. The van der Waals surface area contributed by atoms with Gasteiger partial charge in [0.05, 0.1) is 19.4 Å². The van der Waals surface area contributed by atoms with Crippen molar-refractivity contribution in [3.8, 4) is 0 Å². The molecule has 1 atom stereocenters. The summed E-state index contributed by atoms with van der Waals surface area (Å²) in [6.45, 7) is 5.39. The fourth-order valence-electron chi connectivity index (χ4n) is 1.58. The molecule has 5 heteroatoms. The van der Waals surface area contributed by atoms with Gasteiger partial charge in [-0.25, -0.2) is 9.78 Å². The lowest BCUT2D eigenvalue weighted by Gasteiger charge is -2.14. The zero-order valence-corrected chi connectivity index (χ0v) is 11.0. The van der Waals surface area contributed by atoms with Gasteiger partial charge in [-0.2, -0.15) is 0 Å². The van der Waals surface area contributed by atoms with Crippen molar-refractivity contribution >= 4 is 11.9 Å². The van der Waals surface area contributed by atoms with Crippen LogP contribution in [0.4, 0.5) is 0 Å². The molecule has 0 spiro atoms. The Morgan fingerprint density at radius 2 is 2.06 bits per heavy atom. The highest BCUT2D eigenvalue weighted by molar-refractivity contribution is 5.87. The smallest absolute Gasteiger partial charge is 0.356 e. The molecular formula is C13H17NO4. The van der Waals surface area contributed by atoms with Crippen LogP contribution in [0.25, 0.3) is 0 Å². The molecule has 5 nitrogen and oxygen atoms in total. The standard InChI is InChI=1S/C13H17NO4/c1-8-5-6-11(13(16)17-4)14-12(8)9(2)7-18-10(3)15/h5-6,9H,7H2,1-4H3. The molecule has 0 amide bonds. The first kappa shape index (κ1) is 14.2. The van der Waals surface area contributed by atoms with Gasteiger partial charge in [-0.1, -0.05) is 13.0 Å². The third kappa shape index (κ3) is 3.55. The Kier molecular flexibility index (Phi) is 4.83. The predicted molar refractivity (Wildman–Crippen MR) is 65.4 cm³/mol. The van der Waals surface area contributed by atoms with Gasteiger partial charge in [-0.05, 0) is 18.6 Å². The molecule has 18 heavy (non-hydrogen) atoms. The van der Waals surface area contributed by atoms with E-state index in [0.29, 0.717) is 0 Å². The molecule has 0 radical (unpaired) electrons. The Labute approximate surface area is 106 Å². The maximum atomic E-state index is 11.4. The number of aryl methyl sites for hydroxylation is 1. The van der Waals surface area contributed by atoms with Crippen molar-refractivity contribution in [1.82, 2.24) is 4.98 Å². The number of aromatic nitrogens is 1. The van der Waals surface area contributed by atoms with Gasteiger partial charge < -0.3 is 9.47 Å². The zero-order valence-electron chi connectivity index (χ0n) is 11.0. The molecule has 1 aromatic heterocycles. The van der Waals surface area contributed by atoms with Gasteiger partial charge in [-0.3, -0.25) is 4.79 Å². The summed E-state index contributed by atoms with van der Waals surface area (Å²) in [6.07, 6.45) is 0. The van der Waals surface area contributed by atoms with E-state index in [4.69, 9.17) is 4.74 Å². The quantitative estimate of drug-likeness (QED) is 0.764. The summed E-state index contributed by atoms with van der Waals surface area (Å²) >= 11 is 0. The number of ether oxygens (including phenoxy) is 2. The first-order chi connectivity index (χ1) is 8.45. The number of carbonyl (C=O) groups excluding carboxylic acids is 2. The Balaban J connectivity index is 2.92. The summed E-state index contributed by atoms with van der Waals surface area (Å²) in [5.74, 6) is -0.877. The second-order valence-electron chi connectivity index (χ2n) is 4.09. The first-order valence-corrected chi connectivity index (χ1v) is 5.65. The lowest BCUT2D eigenvalue weighted by Crippen LogP contribution is -2.13. The van der Waals surface area contributed by atoms with Crippen LogP contribution in [0.15, 0.2) is 12.1 Å². The van der Waals surface area contributed by atoms with Crippen molar-refractivity contribution in [2.75, 3.05) is 13.7 Å². The maximum absolute atomic E-state index is 11.4. The van der Waals surface area contributed by atoms with Crippen molar-refractivity contribution in [2.24, 2.45) is 0 Å². The topological polar surface area (TPSA) is 65.5 Å². The lowest BCUT2D eigenvalue weighted by molar-refractivity contribution is -0.141. The minimum absolute atomic E-state index is 0.0708. The van der Waals surface area contributed by atoms with Gasteiger partial charge in [0, 0.05) is 12.8 Å². The van der Waals surface area contributed by atoms with E-state index in [1.165, 1.54) is 14.0 Å². The van der Waals surface area contributed by atoms with Crippen molar-refractivity contribution in [3.05, 3.63) is 29.1 Å². The Bertz CT molecular complexity index is 456. The maximum Gasteiger partial charge on any atom is 0.356 e. The van der Waals surface area contributed by atoms with Crippen LogP contribution in [0.1, 0.15) is 41.5 Å². The number of hydrogen-bond donors (Lipinski definition) is 0. The van der Waals surface area contributed by atoms with Gasteiger partial charge in [-0.15, -0.1) is 0 Å². The van der Waals surface area contributed by atoms with E-state index in [1.807, 2.05) is 13.8 Å². The van der Waals surface area contributed by atoms with Crippen molar-refractivity contribution < 1.29 is 19.1 Å². The summed E-state index contributed by atoms with van der Waals surface area (Å²) in [6, 6.07) is 3.42. The molecule has 0 aliphatic rings. The number of rotatable bonds is 4. The summed E-state index contributed by atoms with van der Waals surface area (Å²) in [4.78, 5) is 26.4. The molecule has 98 valence electrons. The molecule has 0 saturated carbocycles. The summed E-state index contributed by atoms with van der Waals surface area (Å²) in [5, 5.41) is 0. The molecule has 0 aromatic carbocycles. The number of hydrogen-bond acceptors (Lipinski definition) is 5. The van der Waals surface area contributed by atoms with Crippen LogP contribution in [0, 0.1) is 6.92 Å². The van der Waals surface area contributed by atoms with E-state index in [0.717, 1.165) is 11.3 Å². The van der Waals surface area contributed by atoms with Crippen LogP contribution in [0.2, 0.25) is 0 Å². The molecule has 0 saturated heterocycles. The van der Waals surface area contributed by atoms with Crippen LogP contribution >= 0.6 is 0 Å². The first-order valence-electron chi connectivity index (χ1n) is 5.65. The third-order valence-electron chi connectivity index (χ3n) is 2.53. The van der Waals surface area contributed by atoms with Crippen LogP contribution in [-0.4, -0.2) is 30.6 Å². The average Bonchev–Trinajstić information content (AvgIpc) is 2.35. The van der Waals surface area contributed by atoms with Crippen molar-refractivity contribution in [2.45, 2.75) is 26.7 Å². The van der Waals surface area contributed by atoms with Gasteiger partial charge in [0.2, 0.25) is 0 Å². The number of esters is 2. The van der Waals surface area contributed by atoms with E-state index in [9.17, 15) is 9.59 Å². The Morgan fingerprint density at radius 3 is 2.61 bits per heavy atom. The minimum Gasteiger partial charge on any atom is -0.465 e. The van der Waals surface area contributed by atoms with Crippen LogP contribution < -0.4 is 0 Å². The third-order valence-corrected chi connectivity index (χ3v) is 2.53. The molecule has 1 rings (SSSR count). The number of carbonyl (C=O) groups is 2. The summed E-state index contributed by atoms with van der Waals surface area (Å²) < 4.78 is 9.57. The van der Waals surface area contributed by atoms with Crippen molar-refractivity contribution in [3.63, 3.8) is 0 Å². The van der Waals surface area contributed by atoms with Crippen LogP contribution in [-0.2, 0) is 14.3 Å². The average molecular weight is 251 g/mol. The molecule has 0 N–H and O–H groups in total. The molecule has 0 fully saturated rings. The molecular weight excluding hydrogens is 234 g/mol. The second-order valence-corrected chi connectivity index (χ2v) is 4.09. The molecule has 1 heterocycles. The van der Waals surface area contributed by atoms with Crippen LogP contribution in [0.5, 0.6) is 0 Å². The molecule has 0 aliphatic carbocycles. The van der Waals surface area contributed by atoms with Crippen molar-refractivity contribution in [1.29, 1.82) is 0 Å². The zero-order chi connectivity index (χ0) is 13.7. The SMILES string of the molecule is COC(=O)c1ccc(C)c(C(C)COC(C)=O)n1. The number of methoxy groups -OCH3 is 1. The monoisotopic (exact) mass is 251 g/mol. The second kappa shape index (κ2) is 6.14. The molecule has 1 unspecified atom stereocenters. The normalized spacial score (nSPS) is 11.8. The Hall–Kier alpha value is -1.91. The highest BCUT2D eigenvalue weighted by atomic mass is 16.5. The van der Waals surface area contributed by atoms with Gasteiger partial charge in [0.25, 0.3) is 0 Å². The number of nitrogens with zero attached hydrogens (tertiary/aromatic N) is 1. The van der Waals surface area contributed by atoms with Gasteiger partial charge in [0.1, 0.15) is 5.69 Å².